The van der Waals surface area contributed by atoms with E-state index >= 15 is 0 Å². The second-order valence-electron chi connectivity index (χ2n) is 12.2. The highest BCUT2D eigenvalue weighted by Gasteiger charge is 2.52. The number of piperidine rings is 1. The Kier molecular flexibility index (Phi) is 8.95. The molecule has 2 N–H and O–H groups in total. The Morgan fingerprint density at radius 2 is 1.82 bits per heavy atom. The predicted molar refractivity (Wildman–Crippen MR) is 176 cm³/mol. The second-order valence-corrected chi connectivity index (χ2v) is 13.2. The summed E-state index contributed by atoms with van der Waals surface area (Å²) >= 11 is 3.50. The van der Waals surface area contributed by atoms with E-state index in [1.807, 2.05) is 65.6 Å². The van der Waals surface area contributed by atoms with Crippen LogP contribution in [0.4, 0.5) is 11.4 Å². The van der Waals surface area contributed by atoms with Gasteiger partial charge in [0.25, 0.3) is 5.91 Å². The Balaban J connectivity index is 1.18. The lowest BCUT2D eigenvalue weighted by Gasteiger charge is -2.36. The molecule has 0 saturated carbocycles. The minimum Gasteiger partial charge on any atom is -0.394 e. The van der Waals surface area contributed by atoms with Crippen molar-refractivity contribution >= 4 is 45.0 Å². The van der Waals surface area contributed by atoms with Crippen LogP contribution in [-0.4, -0.2) is 52.0 Å². The van der Waals surface area contributed by atoms with Gasteiger partial charge in [-0.3, -0.25) is 14.4 Å². The van der Waals surface area contributed by atoms with Crippen LogP contribution in [0.3, 0.4) is 0 Å². The molecule has 3 amide bonds. The van der Waals surface area contributed by atoms with E-state index in [9.17, 15) is 24.6 Å². The number of halogens is 1. The van der Waals surface area contributed by atoms with Gasteiger partial charge in [-0.05, 0) is 66.3 Å². The Hall–Kier alpha value is -3.79. The first-order valence-electron chi connectivity index (χ1n) is 15.6. The maximum atomic E-state index is 14.0. The summed E-state index contributed by atoms with van der Waals surface area (Å²) in [6.45, 7) is 3.08. The lowest BCUT2D eigenvalue weighted by atomic mass is 9.83. The number of nitrogens with zero attached hydrogens (tertiary/aromatic N) is 3. The van der Waals surface area contributed by atoms with Crippen molar-refractivity contribution in [3.63, 3.8) is 0 Å². The number of hydrogen-bond donors (Lipinski definition) is 2. The van der Waals surface area contributed by atoms with E-state index in [0.717, 1.165) is 39.7 Å². The number of benzene rings is 3. The van der Waals surface area contributed by atoms with Crippen molar-refractivity contribution in [2.75, 3.05) is 23.0 Å². The van der Waals surface area contributed by atoms with Crippen LogP contribution >= 0.6 is 15.9 Å². The standard InChI is InChI=1S/C36H38BrN3O5/c1-24(7-6-11-34(43)39-22-27-9-3-2-8-26(27)19-30(39)23-41)36(45)31-20-28(37)14-17-32(31)40(35(36)44)21-25-12-15-29(16-13-25)38-18-5-4-10-33(38)42/h2-3,6-9,12-17,20,24,30,41,45H,4-5,10-11,18-19,21-23H2,1H3/b7-6+/t24-,30+,36+/m1/s1. The van der Waals surface area contributed by atoms with Gasteiger partial charge >= 0.3 is 0 Å². The van der Waals surface area contributed by atoms with E-state index in [0.29, 0.717) is 37.2 Å². The van der Waals surface area contributed by atoms with Crippen molar-refractivity contribution in [1.29, 1.82) is 0 Å². The quantitative estimate of drug-likeness (QED) is 0.320. The van der Waals surface area contributed by atoms with Crippen LogP contribution in [0.1, 0.15) is 54.9 Å². The fourth-order valence-corrected chi connectivity index (χ4v) is 7.15. The minimum atomic E-state index is -1.82. The molecule has 0 radical (unpaired) electrons. The maximum Gasteiger partial charge on any atom is 0.264 e. The first-order valence-corrected chi connectivity index (χ1v) is 16.4. The average Bonchev–Trinajstić information content (AvgIpc) is 3.26. The number of carbonyl (C=O) groups excluding carboxylic acids is 3. The molecule has 8 nitrogen and oxygen atoms in total. The van der Waals surface area contributed by atoms with E-state index in [1.54, 1.807) is 34.9 Å². The molecule has 45 heavy (non-hydrogen) atoms. The molecule has 3 aromatic rings. The van der Waals surface area contributed by atoms with Crippen LogP contribution in [0.15, 0.2) is 83.4 Å². The number of anilines is 2. The molecule has 0 spiro atoms. The number of rotatable bonds is 8. The fourth-order valence-electron chi connectivity index (χ4n) is 6.79. The molecule has 0 aromatic heterocycles. The van der Waals surface area contributed by atoms with Crippen LogP contribution in [0.2, 0.25) is 0 Å². The zero-order chi connectivity index (χ0) is 31.7. The fraction of sp³-hybridized carbons (Fsp3) is 0.361. The SMILES string of the molecule is C[C@H](/C=C/CC(=O)N1Cc2ccccc2C[C@H]1CO)[C@@]1(O)C(=O)N(Cc2ccc(N3CCCCC3=O)cc2)c2ccc(Br)cc21. The highest BCUT2D eigenvalue weighted by atomic mass is 79.9. The topological polar surface area (TPSA) is 101 Å². The molecule has 1 saturated heterocycles. The molecule has 3 atom stereocenters. The van der Waals surface area contributed by atoms with Gasteiger partial charge in [0.1, 0.15) is 0 Å². The average molecular weight is 673 g/mol. The van der Waals surface area contributed by atoms with E-state index in [2.05, 4.69) is 15.9 Å². The van der Waals surface area contributed by atoms with Crippen LogP contribution < -0.4 is 9.80 Å². The summed E-state index contributed by atoms with van der Waals surface area (Å²) < 4.78 is 0.747. The van der Waals surface area contributed by atoms with Crippen molar-refractivity contribution < 1.29 is 24.6 Å². The smallest absolute Gasteiger partial charge is 0.264 e. The predicted octanol–water partition coefficient (Wildman–Crippen LogP) is 5.23. The number of aliphatic hydroxyl groups is 2. The molecule has 234 valence electrons. The number of amides is 3. The van der Waals surface area contributed by atoms with Gasteiger partial charge in [0, 0.05) is 47.6 Å². The molecule has 9 heteroatoms. The highest BCUT2D eigenvalue weighted by Crippen LogP contribution is 2.47. The Morgan fingerprint density at radius 1 is 1.07 bits per heavy atom. The third-order valence-corrected chi connectivity index (χ3v) is 9.90. The van der Waals surface area contributed by atoms with Gasteiger partial charge < -0.3 is 24.9 Å². The summed E-state index contributed by atoms with van der Waals surface area (Å²) in [7, 11) is 0. The lowest BCUT2D eigenvalue weighted by Crippen LogP contribution is -2.46. The first-order chi connectivity index (χ1) is 21.7. The molecule has 1 fully saturated rings. The van der Waals surface area contributed by atoms with Crippen molar-refractivity contribution in [1.82, 2.24) is 4.90 Å². The zero-order valence-electron chi connectivity index (χ0n) is 25.4. The molecule has 3 aromatic carbocycles. The van der Waals surface area contributed by atoms with Crippen LogP contribution in [0.25, 0.3) is 0 Å². The Bertz CT molecular complexity index is 1640. The lowest BCUT2D eigenvalue weighted by molar-refractivity contribution is -0.139. The molecule has 3 aliphatic rings. The molecule has 0 aliphatic carbocycles. The van der Waals surface area contributed by atoms with Crippen LogP contribution in [-0.2, 0) is 39.5 Å². The number of hydrogen-bond acceptors (Lipinski definition) is 5. The highest BCUT2D eigenvalue weighted by molar-refractivity contribution is 9.10. The normalized spacial score (nSPS) is 22.1. The second kappa shape index (κ2) is 12.9. The first kappa shape index (κ1) is 31.2. The largest absolute Gasteiger partial charge is 0.394 e. The minimum absolute atomic E-state index is 0.0915. The van der Waals surface area contributed by atoms with Gasteiger partial charge in [-0.1, -0.05) is 71.4 Å². The summed E-state index contributed by atoms with van der Waals surface area (Å²) in [6, 6.07) is 20.8. The third kappa shape index (κ3) is 5.96. The van der Waals surface area contributed by atoms with Crippen LogP contribution in [0.5, 0.6) is 0 Å². The summed E-state index contributed by atoms with van der Waals surface area (Å²) in [5, 5.41) is 22.0. The maximum absolute atomic E-state index is 14.0. The summed E-state index contributed by atoms with van der Waals surface area (Å²) in [6.07, 6.45) is 6.61. The van der Waals surface area contributed by atoms with Gasteiger partial charge in [0.05, 0.1) is 24.9 Å². The van der Waals surface area contributed by atoms with E-state index in [-0.39, 0.29) is 37.4 Å². The van der Waals surface area contributed by atoms with Crippen molar-refractivity contribution in [2.45, 2.75) is 63.8 Å². The van der Waals surface area contributed by atoms with Crippen molar-refractivity contribution in [3.8, 4) is 0 Å². The van der Waals surface area contributed by atoms with E-state index in [4.69, 9.17) is 0 Å². The van der Waals surface area contributed by atoms with Gasteiger partial charge in [-0.15, -0.1) is 0 Å². The summed E-state index contributed by atoms with van der Waals surface area (Å²) in [4.78, 5) is 44.8. The monoisotopic (exact) mass is 671 g/mol. The van der Waals surface area contributed by atoms with E-state index in [1.165, 1.54) is 0 Å². The van der Waals surface area contributed by atoms with E-state index < -0.39 is 17.4 Å². The summed E-state index contributed by atoms with van der Waals surface area (Å²) in [5.74, 6) is -1.04. The molecule has 0 bridgehead atoms. The molecule has 6 rings (SSSR count). The summed E-state index contributed by atoms with van der Waals surface area (Å²) in [5.41, 5.74) is 3.28. The van der Waals surface area contributed by atoms with Gasteiger partial charge in [-0.25, -0.2) is 0 Å². The van der Waals surface area contributed by atoms with Crippen LogP contribution in [0, 0.1) is 5.92 Å². The Labute approximate surface area is 272 Å². The molecule has 3 aliphatic heterocycles. The van der Waals surface area contributed by atoms with Gasteiger partial charge in [0.2, 0.25) is 11.8 Å². The molecule has 0 unspecified atom stereocenters. The molecular weight excluding hydrogens is 634 g/mol. The Morgan fingerprint density at radius 3 is 2.56 bits per heavy atom. The van der Waals surface area contributed by atoms with Gasteiger partial charge in [0.15, 0.2) is 5.60 Å². The number of fused-ring (bicyclic) bond motifs is 2. The molecule has 3 heterocycles. The number of aliphatic hydroxyl groups excluding tert-OH is 1. The van der Waals surface area contributed by atoms with Crippen molar-refractivity contribution in [3.05, 3.63) is 106 Å². The number of carbonyl (C=O) groups is 3. The third-order valence-electron chi connectivity index (χ3n) is 9.41. The van der Waals surface area contributed by atoms with Gasteiger partial charge in [-0.2, -0.15) is 0 Å². The molecular formula is C36H38BrN3O5. The van der Waals surface area contributed by atoms with Crippen molar-refractivity contribution in [2.24, 2.45) is 5.92 Å². The zero-order valence-corrected chi connectivity index (χ0v) is 26.9.